The van der Waals surface area contributed by atoms with Crippen LogP contribution in [0.15, 0.2) is 42.5 Å². The summed E-state index contributed by atoms with van der Waals surface area (Å²) < 4.78 is 49.8. The van der Waals surface area contributed by atoms with Crippen LogP contribution in [0.5, 0.6) is 5.75 Å². The van der Waals surface area contributed by atoms with Crippen LogP contribution in [0.1, 0.15) is 30.4 Å². The second kappa shape index (κ2) is 8.65. The summed E-state index contributed by atoms with van der Waals surface area (Å²) in [6, 6.07) is 9.76. The van der Waals surface area contributed by atoms with Gasteiger partial charge in [0.2, 0.25) is 0 Å². The Bertz CT molecular complexity index is 809. The van der Waals surface area contributed by atoms with E-state index in [4.69, 9.17) is 14.6 Å². The van der Waals surface area contributed by atoms with Gasteiger partial charge in [0.25, 0.3) is 0 Å². The molecule has 28 heavy (non-hydrogen) atoms. The number of hydrogen-bond donors (Lipinski definition) is 1. The van der Waals surface area contributed by atoms with Crippen LogP contribution in [0.2, 0.25) is 0 Å². The van der Waals surface area contributed by atoms with Gasteiger partial charge in [-0.3, -0.25) is 4.79 Å². The molecule has 2 aromatic carbocycles. The van der Waals surface area contributed by atoms with Crippen molar-refractivity contribution in [1.82, 2.24) is 0 Å². The van der Waals surface area contributed by atoms with Crippen LogP contribution in [0.25, 0.3) is 11.1 Å². The molecule has 1 atom stereocenters. The van der Waals surface area contributed by atoms with E-state index in [1.54, 1.807) is 18.2 Å². The summed E-state index contributed by atoms with van der Waals surface area (Å²) in [5, 5.41) is 9.09. The third-order valence-corrected chi connectivity index (χ3v) is 4.58. The first-order valence-electron chi connectivity index (χ1n) is 9.09. The maximum atomic E-state index is 12.8. The third-order valence-electron chi connectivity index (χ3n) is 4.58. The molecule has 0 aliphatic carbocycles. The van der Waals surface area contributed by atoms with E-state index in [9.17, 15) is 18.0 Å². The van der Waals surface area contributed by atoms with Crippen LogP contribution >= 0.6 is 0 Å². The van der Waals surface area contributed by atoms with Crippen molar-refractivity contribution < 1.29 is 32.5 Å². The Labute approximate surface area is 160 Å². The molecule has 0 spiro atoms. The SMILES string of the molecule is O=C(O)Cc1cc(OCC2CCCCO2)cc(-c2ccc(C(F)(F)F)cc2)c1. The van der Waals surface area contributed by atoms with E-state index in [0.29, 0.717) is 35.7 Å². The maximum absolute atomic E-state index is 12.8. The number of carboxylic acids is 1. The zero-order chi connectivity index (χ0) is 20.1. The average molecular weight is 394 g/mol. The lowest BCUT2D eigenvalue weighted by Crippen LogP contribution is -2.25. The Morgan fingerprint density at radius 1 is 1.11 bits per heavy atom. The lowest BCUT2D eigenvalue weighted by atomic mass is 10.00. The van der Waals surface area contributed by atoms with Crippen molar-refractivity contribution in [2.75, 3.05) is 13.2 Å². The molecule has 1 saturated heterocycles. The number of halogens is 3. The van der Waals surface area contributed by atoms with Crippen molar-refractivity contribution in [2.24, 2.45) is 0 Å². The average Bonchev–Trinajstić information content (AvgIpc) is 2.66. The van der Waals surface area contributed by atoms with Crippen molar-refractivity contribution in [3.05, 3.63) is 53.6 Å². The molecule has 7 heteroatoms. The normalized spacial score (nSPS) is 17.3. The van der Waals surface area contributed by atoms with Gasteiger partial charge in [0.05, 0.1) is 18.1 Å². The standard InChI is InChI=1S/C21H21F3O4/c22-21(23,24)17-6-4-15(5-7-17)16-9-14(11-20(25)26)10-19(12-16)28-13-18-3-1-2-8-27-18/h4-7,9-10,12,18H,1-3,8,11,13H2,(H,25,26). The number of benzene rings is 2. The first kappa shape index (κ1) is 20.2. The molecular formula is C21H21F3O4. The molecule has 3 rings (SSSR count). The molecule has 0 radical (unpaired) electrons. The van der Waals surface area contributed by atoms with Gasteiger partial charge < -0.3 is 14.6 Å². The lowest BCUT2D eigenvalue weighted by molar-refractivity contribution is -0.138. The summed E-state index contributed by atoms with van der Waals surface area (Å²) in [4.78, 5) is 11.1. The van der Waals surface area contributed by atoms with Crippen LogP contribution < -0.4 is 4.74 Å². The Morgan fingerprint density at radius 2 is 1.86 bits per heavy atom. The first-order valence-corrected chi connectivity index (χ1v) is 9.09. The van der Waals surface area contributed by atoms with Crippen molar-refractivity contribution in [3.8, 4) is 16.9 Å². The number of hydrogen-bond acceptors (Lipinski definition) is 3. The van der Waals surface area contributed by atoms with Crippen LogP contribution in [-0.4, -0.2) is 30.4 Å². The van der Waals surface area contributed by atoms with Gasteiger partial charge in [0, 0.05) is 6.61 Å². The number of ether oxygens (including phenoxy) is 2. The number of alkyl halides is 3. The van der Waals surface area contributed by atoms with Crippen LogP contribution in [-0.2, 0) is 22.1 Å². The van der Waals surface area contributed by atoms with Gasteiger partial charge in [-0.25, -0.2) is 0 Å². The predicted molar refractivity (Wildman–Crippen MR) is 97.3 cm³/mol. The van der Waals surface area contributed by atoms with E-state index in [0.717, 1.165) is 31.4 Å². The van der Waals surface area contributed by atoms with E-state index >= 15 is 0 Å². The minimum atomic E-state index is -4.40. The van der Waals surface area contributed by atoms with Gasteiger partial charge in [0.1, 0.15) is 12.4 Å². The highest BCUT2D eigenvalue weighted by molar-refractivity contribution is 5.73. The number of carboxylic acid groups (broad SMARTS) is 1. The Hall–Kier alpha value is -2.54. The second-order valence-corrected chi connectivity index (χ2v) is 6.81. The van der Waals surface area contributed by atoms with E-state index in [2.05, 4.69) is 0 Å². The monoisotopic (exact) mass is 394 g/mol. The maximum Gasteiger partial charge on any atom is 0.416 e. The van der Waals surface area contributed by atoms with Crippen molar-refractivity contribution in [3.63, 3.8) is 0 Å². The first-order chi connectivity index (χ1) is 13.3. The zero-order valence-electron chi connectivity index (χ0n) is 15.2. The van der Waals surface area contributed by atoms with Gasteiger partial charge >= 0.3 is 12.1 Å². The van der Waals surface area contributed by atoms with Gasteiger partial charge in [0.15, 0.2) is 0 Å². The van der Waals surface area contributed by atoms with Gasteiger partial charge in [-0.15, -0.1) is 0 Å². The van der Waals surface area contributed by atoms with Crippen LogP contribution in [0.4, 0.5) is 13.2 Å². The smallest absolute Gasteiger partial charge is 0.416 e. The highest BCUT2D eigenvalue weighted by Gasteiger charge is 2.30. The molecule has 1 fully saturated rings. The van der Waals surface area contributed by atoms with Gasteiger partial charge in [-0.1, -0.05) is 18.2 Å². The van der Waals surface area contributed by atoms with Crippen molar-refractivity contribution >= 4 is 5.97 Å². The molecule has 2 aromatic rings. The predicted octanol–water partition coefficient (Wildman–Crippen LogP) is 4.95. The summed E-state index contributed by atoms with van der Waals surface area (Å²) in [6.45, 7) is 1.05. The lowest BCUT2D eigenvalue weighted by Gasteiger charge is -2.23. The Morgan fingerprint density at radius 3 is 2.46 bits per heavy atom. The summed E-state index contributed by atoms with van der Waals surface area (Å²) in [5.74, 6) is -0.519. The highest BCUT2D eigenvalue weighted by Crippen LogP contribution is 2.32. The minimum absolute atomic E-state index is 0.00796. The molecule has 1 aliphatic rings. The fourth-order valence-electron chi connectivity index (χ4n) is 3.17. The summed E-state index contributed by atoms with van der Waals surface area (Å²) in [5.41, 5.74) is 0.944. The number of carbonyl (C=O) groups is 1. The van der Waals surface area contributed by atoms with Crippen molar-refractivity contribution in [2.45, 2.75) is 38.0 Å². The summed E-state index contributed by atoms with van der Waals surface area (Å²) >= 11 is 0. The van der Waals surface area contributed by atoms with Crippen LogP contribution in [0, 0.1) is 0 Å². The highest BCUT2D eigenvalue weighted by atomic mass is 19.4. The molecule has 0 saturated carbocycles. The molecule has 0 aromatic heterocycles. The fourth-order valence-corrected chi connectivity index (χ4v) is 3.17. The fraction of sp³-hybridized carbons (Fsp3) is 0.381. The van der Waals surface area contributed by atoms with Gasteiger partial charge in [-0.05, 0) is 60.2 Å². The molecule has 1 heterocycles. The molecule has 4 nitrogen and oxygen atoms in total. The Balaban J connectivity index is 1.83. The van der Waals surface area contributed by atoms with E-state index in [-0.39, 0.29) is 12.5 Å². The quantitative estimate of drug-likeness (QED) is 0.753. The second-order valence-electron chi connectivity index (χ2n) is 6.81. The third kappa shape index (κ3) is 5.48. The van der Waals surface area contributed by atoms with E-state index < -0.39 is 17.7 Å². The molecule has 0 bridgehead atoms. The molecule has 1 unspecified atom stereocenters. The summed E-state index contributed by atoms with van der Waals surface area (Å²) in [7, 11) is 0. The topological polar surface area (TPSA) is 55.8 Å². The molecule has 1 aliphatic heterocycles. The molecule has 150 valence electrons. The molecular weight excluding hydrogens is 373 g/mol. The molecule has 1 N–H and O–H groups in total. The van der Waals surface area contributed by atoms with Crippen molar-refractivity contribution in [1.29, 1.82) is 0 Å². The minimum Gasteiger partial charge on any atom is -0.491 e. The number of aliphatic carboxylic acids is 1. The molecule has 0 amide bonds. The van der Waals surface area contributed by atoms with Crippen LogP contribution in [0.3, 0.4) is 0 Å². The largest absolute Gasteiger partial charge is 0.491 e. The van der Waals surface area contributed by atoms with E-state index in [1.165, 1.54) is 12.1 Å². The van der Waals surface area contributed by atoms with E-state index in [1.807, 2.05) is 0 Å². The summed E-state index contributed by atoms with van der Waals surface area (Å²) in [6.07, 6.45) is -1.61. The Kier molecular flexibility index (Phi) is 6.24. The van der Waals surface area contributed by atoms with Gasteiger partial charge in [-0.2, -0.15) is 13.2 Å². The number of rotatable bonds is 6. The zero-order valence-corrected chi connectivity index (χ0v) is 15.2.